The second-order valence-electron chi connectivity index (χ2n) is 7.19. The summed E-state index contributed by atoms with van der Waals surface area (Å²) in [5.74, 6) is 7.54. The molecule has 1 aliphatic rings. The number of H-pyrrole nitrogens is 1. The molecular formula is C19H22N6O2. The topological polar surface area (TPSA) is 92.1 Å². The zero-order valence-electron chi connectivity index (χ0n) is 15.6. The second-order valence-corrected chi connectivity index (χ2v) is 7.19. The zero-order chi connectivity index (χ0) is 19.0. The van der Waals surface area contributed by atoms with Gasteiger partial charge in [0.15, 0.2) is 11.5 Å². The molecule has 140 valence electrons. The largest absolute Gasteiger partial charge is 0.378 e. The van der Waals surface area contributed by atoms with Gasteiger partial charge in [-0.3, -0.25) is 5.10 Å². The van der Waals surface area contributed by atoms with Gasteiger partial charge >= 0.3 is 0 Å². The highest BCUT2D eigenvalue weighted by Gasteiger charge is 2.22. The Morgan fingerprint density at radius 1 is 1.41 bits per heavy atom. The Morgan fingerprint density at radius 2 is 2.26 bits per heavy atom. The summed E-state index contributed by atoms with van der Waals surface area (Å²) in [5, 5.41) is 22.2. The van der Waals surface area contributed by atoms with Crippen LogP contribution in [-0.4, -0.2) is 61.5 Å². The first-order valence-electron chi connectivity index (χ1n) is 8.91. The number of hydrogen-bond acceptors (Lipinski definition) is 6. The average Bonchev–Trinajstić information content (AvgIpc) is 3.28. The van der Waals surface area contributed by atoms with Gasteiger partial charge in [-0.2, -0.15) is 14.9 Å². The molecule has 0 amide bonds. The highest BCUT2D eigenvalue weighted by Crippen LogP contribution is 2.26. The van der Waals surface area contributed by atoms with E-state index in [1.54, 1.807) is 30.9 Å². The van der Waals surface area contributed by atoms with Crippen molar-refractivity contribution in [1.82, 2.24) is 25.0 Å². The highest BCUT2D eigenvalue weighted by molar-refractivity contribution is 5.85. The van der Waals surface area contributed by atoms with E-state index in [1.807, 2.05) is 12.1 Å². The Balaban J connectivity index is 1.90. The van der Waals surface area contributed by atoms with Crippen molar-refractivity contribution < 1.29 is 9.84 Å². The summed E-state index contributed by atoms with van der Waals surface area (Å²) < 4.78 is 7.26. The number of aliphatic hydroxyl groups is 1. The first-order valence-corrected chi connectivity index (χ1v) is 8.91. The van der Waals surface area contributed by atoms with Crippen LogP contribution >= 0.6 is 0 Å². The molecule has 3 aromatic heterocycles. The standard InChI is InChI=1S/C19H22N6O2/c1-13-12-27-9-8-24(13)17-10-14(4-6-19(2,3)26)15-11-21-25(18(15)22-17)16-5-7-20-23-16/h5,7,10-11,13,26H,8-9,12H2,1-3H3,(H,20,23)/t13-/m1/s1. The number of morpholine rings is 1. The number of pyridine rings is 1. The third kappa shape index (κ3) is 3.52. The van der Waals surface area contributed by atoms with E-state index >= 15 is 0 Å². The molecule has 0 saturated carbocycles. The predicted octanol–water partition coefficient (Wildman–Crippen LogP) is 1.49. The Morgan fingerprint density at radius 3 is 2.96 bits per heavy atom. The molecule has 0 radical (unpaired) electrons. The van der Waals surface area contributed by atoms with Crippen molar-refractivity contribution in [3.63, 3.8) is 0 Å². The van der Waals surface area contributed by atoms with Crippen molar-refractivity contribution in [2.24, 2.45) is 0 Å². The lowest BCUT2D eigenvalue weighted by molar-refractivity contribution is 0.0985. The molecule has 0 bridgehead atoms. The minimum Gasteiger partial charge on any atom is -0.378 e. The van der Waals surface area contributed by atoms with E-state index in [0.29, 0.717) is 18.9 Å². The van der Waals surface area contributed by atoms with Crippen LogP contribution in [0, 0.1) is 11.8 Å². The fraction of sp³-hybridized carbons (Fsp3) is 0.421. The summed E-state index contributed by atoms with van der Waals surface area (Å²) in [6, 6.07) is 4.00. The first kappa shape index (κ1) is 17.5. The van der Waals surface area contributed by atoms with Crippen LogP contribution in [0.1, 0.15) is 26.3 Å². The summed E-state index contributed by atoms with van der Waals surface area (Å²) in [4.78, 5) is 7.07. The number of aromatic amines is 1. The SMILES string of the molecule is C[C@@H]1COCCN1c1cc(C#CC(C)(C)O)c2cnn(-c3ccn[nH]3)c2n1. The molecule has 1 fully saturated rings. The molecule has 2 N–H and O–H groups in total. The Hall–Kier alpha value is -2.89. The minimum absolute atomic E-state index is 0.210. The average molecular weight is 366 g/mol. The van der Waals surface area contributed by atoms with Crippen LogP contribution in [0.25, 0.3) is 16.9 Å². The van der Waals surface area contributed by atoms with E-state index in [9.17, 15) is 5.11 Å². The smallest absolute Gasteiger partial charge is 0.168 e. The molecule has 3 aromatic rings. The number of fused-ring (bicyclic) bond motifs is 1. The lowest BCUT2D eigenvalue weighted by Gasteiger charge is -2.34. The zero-order valence-corrected chi connectivity index (χ0v) is 15.6. The van der Waals surface area contributed by atoms with Crippen molar-refractivity contribution in [1.29, 1.82) is 0 Å². The molecule has 4 rings (SSSR count). The maximum absolute atomic E-state index is 10.0. The van der Waals surface area contributed by atoms with Crippen molar-refractivity contribution in [2.45, 2.75) is 32.4 Å². The van der Waals surface area contributed by atoms with Gasteiger partial charge in [-0.1, -0.05) is 11.8 Å². The van der Waals surface area contributed by atoms with E-state index in [1.165, 1.54) is 0 Å². The van der Waals surface area contributed by atoms with Crippen molar-refractivity contribution in [2.75, 3.05) is 24.7 Å². The summed E-state index contributed by atoms with van der Waals surface area (Å²) in [6.07, 6.45) is 3.41. The Bertz CT molecular complexity index is 1010. The Kier molecular flexibility index (Phi) is 4.34. The van der Waals surface area contributed by atoms with Crippen molar-refractivity contribution >= 4 is 16.9 Å². The van der Waals surface area contributed by atoms with Crippen LogP contribution in [-0.2, 0) is 4.74 Å². The molecule has 1 aliphatic heterocycles. The third-order valence-electron chi connectivity index (χ3n) is 4.41. The summed E-state index contributed by atoms with van der Waals surface area (Å²) >= 11 is 0. The van der Waals surface area contributed by atoms with Crippen LogP contribution in [0.5, 0.6) is 0 Å². The number of ether oxygens (including phenoxy) is 1. The lowest BCUT2D eigenvalue weighted by Crippen LogP contribution is -2.44. The fourth-order valence-electron chi connectivity index (χ4n) is 3.07. The maximum atomic E-state index is 10.0. The highest BCUT2D eigenvalue weighted by atomic mass is 16.5. The normalized spacial score (nSPS) is 17.8. The van der Waals surface area contributed by atoms with Gasteiger partial charge in [0.25, 0.3) is 0 Å². The summed E-state index contributed by atoms with van der Waals surface area (Å²) in [5.41, 5.74) is 0.388. The number of anilines is 1. The van der Waals surface area contributed by atoms with Gasteiger partial charge in [0.1, 0.15) is 11.4 Å². The third-order valence-corrected chi connectivity index (χ3v) is 4.41. The maximum Gasteiger partial charge on any atom is 0.168 e. The van der Waals surface area contributed by atoms with Crippen LogP contribution in [0.15, 0.2) is 24.5 Å². The number of hydrogen-bond donors (Lipinski definition) is 2. The molecule has 8 nitrogen and oxygen atoms in total. The molecule has 1 saturated heterocycles. The van der Waals surface area contributed by atoms with Gasteiger partial charge in [0.2, 0.25) is 0 Å². The summed E-state index contributed by atoms with van der Waals surface area (Å²) in [6.45, 7) is 7.52. The van der Waals surface area contributed by atoms with Crippen LogP contribution < -0.4 is 4.90 Å². The van der Waals surface area contributed by atoms with Gasteiger partial charge in [-0.25, -0.2) is 4.98 Å². The van der Waals surface area contributed by atoms with Crippen LogP contribution in [0.4, 0.5) is 5.82 Å². The van der Waals surface area contributed by atoms with Crippen molar-refractivity contribution in [3.8, 4) is 17.7 Å². The molecule has 0 unspecified atom stereocenters. The van der Waals surface area contributed by atoms with Gasteiger partial charge < -0.3 is 14.7 Å². The van der Waals surface area contributed by atoms with Crippen LogP contribution in [0.2, 0.25) is 0 Å². The molecule has 8 heteroatoms. The van der Waals surface area contributed by atoms with E-state index in [0.717, 1.165) is 29.1 Å². The molecule has 0 aromatic carbocycles. The monoisotopic (exact) mass is 366 g/mol. The lowest BCUT2D eigenvalue weighted by atomic mass is 10.1. The van der Waals surface area contributed by atoms with E-state index in [-0.39, 0.29) is 6.04 Å². The van der Waals surface area contributed by atoms with Crippen molar-refractivity contribution in [3.05, 3.63) is 30.1 Å². The summed E-state index contributed by atoms with van der Waals surface area (Å²) in [7, 11) is 0. The number of nitrogens with zero attached hydrogens (tertiary/aromatic N) is 5. The second kappa shape index (κ2) is 6.68. The first-order chi connectivity index (χ1) is 12.9. The molecule has 27 heavy (non-hydrogen) atoms. The van der Waals surface area contributed by atoms with Gasteiger partial charge in [0.05, 0.1) is 37.0 Å². The van der Waals surface area contributed by atoms with E-state index in [2.05, 4.69) is 39.0 Å². The number of aromatic nitrogens is 5. The van der Waals surface area contributed by atoms with E-state index < -0.39 is 5.60 Å². The van der Waals surface area contributed by atoms with Gasteiger partial charge in [-0.05, 0) is 26.8 Å². The quantitative estimate of drug-likeness (QED) is 0.668. The Labute approximate surface area is 157 Å². The molecule has 0 spiro atoms. The molecular weight excluding hydrogens is 344 g/mol. The predicted molar refractivity (Wildman–Crippen MR) is 102 cm³/mol. The number of nitrogens with one attached hydrogen (secondary N) is 1. The van der Waals surface area contributed by atoms with Gasteiger partial charge in [-0.15, -0.1) is 0 Å². The molecule has 1 atom stereocenters. The minimum atomic E-state index is -1.08. The van der Waals surface area contributed by atoms with Gasteiger partial charge in [0, 0.05) is 18.2 Å². The fourth-order valence-corrected chi connectivity index (χ4v) is 3.07. The molecule has 0 aliphatic carbocycles. The molecule has 4 heterocycles. The van der Waals surface area contributed by atoms with Crippen LogP contribution in [0.3, 0.4) is 0 Å². The number of rotatable bonds is 2. The van der Waals surface area contributed by atoms with E-state index in [4.69, 9.17) is 9.72 Å².